The van der Waals surface area contributed by atoms with E-state index in [4.69, 9.17) is 9.79 Å². The van der Waals surface area contributed by atoms with Crippen molar-refractivity contribution >= 4 is 43.3 Å². The van der Waals surface area contributed by atoms with Crippen molar-refractivity contribution < 1.29 is 23.7 Å². The summed E-state index contributed by atoms with van der Waals surface area (Å²) < 4.78 is 14.3. The predicted octanol–water partition coefficient (Wildman–Crippen LogP) is 1.50. The van der Waals surface area contributed by atoms with Gasteiger partial charge in [-0.15, -0.1) is 0 Å². The van der Waals surface area contributed by atoms with Crippen molar-refractivity contribution in [2.24, 2.45) is 0 Å². The van der Waals surface area contributed by atoms with Gasteiger partial charge in [-0.25, -0.2) is 9.36 Å². The van der Waals surface area contributed by atoms with Gasteiger partial charge in [0.15, 0.2) is 0 Å². The molecule has 2 N–H and O–H groups in total. The summed E-state index contributed by atoms with van der Waals surface area (Å²) in [4.78, 5) is 27.8. The van der Waals surface area contributed by atoms with Gasteiger partial charge in [-0.3, -0.25) is 9.79 Å². The third-order valence-corrected chi connectivity index (χ3v) is 2.19. The molecule has 0 unspecified atom stereocenters. The summed E-state index contributed by atoms with van der Waals surface area (Å²) >= 11 is 0. The van der Waals surface area contributed by atoms with Crippen LogP contribution in [0.25, 0.3) is 0 Å². The average molecular weight is 260 g/mol. The molecular weight excluding hydrogens is 242 g/mol. The summed E-state index contributed by atoms with van der Waals surface area (Å²) in [5, 5.41) is 0. The number of hydrogen-bond donors (Lipinski definition) is 2. The van der Waals surface area contributed by atoms with Crippen molar-refractivity contribution in [2.45, 2.75) is 39.5 Å². The summed E-state index contributed by atoms with van der Waals surface area (Å²) in [5.74, 6) is -0.958. The maximum absolute atomic E-state index is 11.0. The van der Waals surface area contributed by atoms with Crippen LogP contribution in [0.5, 0.6) is 0 Å². The van der Waals surface area contributed by atoms with Gasteiger partial charge in [-0.2, -0.15) is 0 Å². The molecule has 0 aliphatic carbocycles. The summed E-state index contributed by atoms with van der Waals surface area (Å²) in [6.07, 6.45) is 5.46. The van der Waals surface area contributed by atoms with E-state index in [-0.39, 0.29) is 35.1 Å². The Labute approximate surface area is 118 Å². The first-order valence-corrected chi connectivity index (χ1v) is 6.36. The molecule has 0 aliphatic heterocycles. The van der Waals surface area contributed by atoms with E-state index in [1.54, 1.807) is 6.08 Å². The Kier molecular flexibility index (Phi) is 11.0. The molecule has 0 amide bonds. The van der Waals surface area contributed by atoms with Crippen LogP contribution >= 0.6 is 7.82 Å². The second-order valence-corrected chi connectivity index (χ2v) is 4.42. The number of phosphoric ester groups is 1. The normalized spacial score (nSPS) is 11.9. The summed E-state index contributed by atoms with van der Waals surface area (Å²) in [6, 6.07) is 0. The van der Waals surface area contributed by atoms with Crippen LogP contribution in [0.2, 0.25) is 0 Å². The molecule has 0 aliphatic rings. The Morgan fingerprint density at radius 1 is 1.38 bits per heavy atom. The first-order valence-electron chi connectivity index (χ1n) is 4.83. The molecule has 7 heteroatoms. The average Bonchev–Trinajstić information content (AvgIpc) is 2.09. The van der Waals surface area contributed by atoms with E-state index in [1.165, 1.54) is 6.92 Å². The van der Waals surface area contributed by atoms with E-state index in [2.05, 4.69) is 11.4 Å². The standard InChI is InChI=1S/C9H17O5P.Na.H/c1-3-4-5-6-7-8(2)9(10)14-15(11,12)13;;/h7H,3-6H2,1-2H3,(H2,11,12,13);;. The van der Waals surface area contributed by atoms with Gasteiger partial charge in [-0.05, 0) is 19.8 Å². The second-order valence-electron chi connectivity index (χ2n) is 3.25. The fourth-order valence-electron chi connectivity index (χ4n) is 0.976. The molecule has 0 atom stereocenters. The predicted molar refractivity (Wildman–Crippen MR) is 63.2 cm³/mol. The Hall–Kier alpha value is 0.360. The molecule has 0 aromatic carbocycles. The van der Waals surface area contributed by atoms with Crippen LogP contribution in [0.4, 0.5) is 0 Å². The molecule has 16 heavy (non-hydrogen) atoms. The Bertz CT molecular complexity index is 284. The quantitative estimate of drug-likeness (QED) is 0.327. The molecule has 90 valence electrons. The van der Waals surface area contributed by atoms with Gasteiger partial charge in [0.1, 0.15) is 0 Å². The molecule has 0 aromatic rings. The fraction of sp³-hybridized carbons (Fsp3) is 0.667. The van der Waals surface area contributed by atoms with Gasteiger partial charge in [0, 0.05) is 5.57 Å². The Balaban J connectivity index is 0. The number of carbonyl (C=O) groups excluding carboxylic acids is 1. The Morgan fingerprint density at radius 3 is 2.38 bits per heavy atom. The number of phosphoric acid groups is 1. The zero-order valence-electron chi connectivity index (χ0n) is 8.97. The van der Waals surface area contributed by atoms with Crippen LogP contribution in [-0.4, -0.2) is 45.3 Å². The molecule has 0 radical (unpaired) electrons. The Morgan fingerprint density at radius 2 is 1.94 bits per heavy atom. The minimum absolute atomic E-state index is 0. The maximum atomic E-state index is 11.0. The van der Waals surface area contributed by atoms with Crippen LogP contribution in [0.3, 0.4) is 0 Å². The van der Waals surface area contributed by atoms with Gasteiger partial charge in [0.05, 0.1) is 0 Å². The van der Waals surface area contributed by atoms with Crippen molar-refractivity contribution in [1.82, 2.24) is 0 Å². The number of carbonyl (C=O) groups is 1. The fourth-order valence-corrected chi connectivity index (χ4v) is 1.34. The van der Waals surface area contributed by atoms with Crippen LogP contribution < -0.4 is 0 Å². The molecule has 0 rings (SSSR count). The molecule has 0 spiro atoms. The summed E-state index contributed by atoms with van der Waals surface area (Å²) in [6.45, 7) is 3.54. The molecule has 0 saturated heterocycles. The van der Waals surface area contributed by atoms with Gasteiger partial charge >= 0.3 is 43.3 Å². The molecule has 0 saturated carbocycles. The molecule has 0 bridgehead atoms. The number of unbranched alkanes of at least 4 members (excludes halogenated alkanes) is 3. The van der Waals surface area contributed by atoms with Gasteiger partial charge < -0.3 is 4.52 Å². The zero-order chi connectivity index (χ0) is 11.9. The van der Waals surface area contributed by atoms with E-state index < -0.39 is 13.8 Å². The van der Waals surface area contributed by atoms with Gasteiger partial charge in [0.25, 0.3) is 0 Å². The summed E-state index contributed by atoms with van der Waals surface area (Å²) in [7, 11) is -4.71. The molecule has 0 aromatic heterocycles. The number of hydrogen-bond acceptors (Lipinski definition) is 3. The summed E-state index contributed by atoms with van der Waals surface area (Å²) in [5.41, 5.74) is 0.231. The second kappa shape index (κ2) is 9.40. The number of allylic oxidation sites excluding steroid dienone is 1. The molecule has 5 nitrogen and oxygen atoms in total. The molecule has 0 fully saturated rings. The topological polar surface area (TPSA) is 83.8 Å². The third kappa shape index (κ3) is 10.9. The van der Waals surface area contributed by atoms with Gasteiger partial charge in [-0.1, -0.05) is 25.8 Å². The van der Waals surface area contributed by atoms with Crippen LogP contribution in [0.1, 0.15) is 39.5 Å². The third-order valence-electron chi connectivity index (χ3n) is 1.78. The SMILES string of the molecule is CCCCCC=C(C)C(=O)OP(=O)(O)O.[NaH]. The van der Waals surface area contributed by atoms with E-state index >= 15 is 0 Å². The van der Waals surface area contributed by atoms with Crippen molar-refractivity contribution in [3.8, 4) is 0 Å². The molecule has 0 heterocycles. The van der Waals surface area contributed by atoms with Crippen LogP contribution in [0.15, 0.2) is 11.6 Å². The van der Waals surface area contributed by atoms with Gasteiger partial charge in [0.2, 0.25) is 0 Å². The van der Waals surface area contributed by atoms with Crippen molar-refractivity contribution in [2.75, 3.05) is 0 Å². The first-order chi connectivity index (χ1) is 6.87. The zero-order valence-corrected chi connectivity index (χ0v) is 9.87. The van der Waals surface area contributed by atoms with Crippen molar-refractivity contribution in [3.63, 3.8) is 0 Å². The van der Waals surface area contributed by atoms with Crippen LogP contribution in [0, 0.1) is 0 Å². The monoisotopic (exact) mass is 260 g/mol. The minimum atomic E-state index is -4.71. The van der Waals surface area contributed by atoms with Crippen molar-refractivity contribution in [1.29, 1.82) is 0 Å². The van der Waals surface area contributed by atoms with E-state index in [9.17, 15) is 9.36 Å². The van der Waals surface area contributed by atoms with E-state index in [0.717, 1.165) is 25.7 Å². The number of rotatable bonds is 6. The first kappa shape index (κ1) is 18.7. The van der Waals surface area contributed by atoms with Crippen LogP contribution in [-0.2, 0) is 13.9 Å². The van der Waals surface area contributed by atoms with Crippen molar-refractivity contribution in [3.05, 3.63) is 11.6 Å². The van der Waals surface area contributed by atoms with E-state index in [0.29, 0.717) is 0 Å². The van der Waals surface area contributed by atoms with E-state index in [1.807, 2.05) is 0 Å². The molecular formula is C9H18NaO5P.